The van der Waals surface area contributed by atoms with Crippen molar-refractivity contribution in [1.82, 2.24) is 9.80 Å². The molecule has 5 nitrogen and oxygen atoms in total. The van der Waals surface area contributed by atoms with Crippen LogP contribution in [0.1, 0.15) is 37.7 Å². The third-order valence-electron chi connectivity index (χ3n) is 5.73. The van der Waals surface area contributed by atoms with Crippen molar-refractivity contribution >= 4 is 11.9 Å². The Morgan fingerprint density at radius 1 is 1.15 bits per heavy atom. The maximum atomic E-state index is 14.0. The zero-order chi connectivity index (χ0) is 19.4. The highest BCUT2D eigenvalue weighted by atomic mass is 19.2. The number of piperidine rings is 1. The molecule has 2 saturated heterocycles. The third-order valence-corrected chi connectivity index (χ3v) is 5.73. The van der Waals surface area contributed by atoms with E-state index in [-0.39, 0.29) is 30.1 Å². The number of methoxy groups -OCH3 is 1. The number of hydrogen-bond acceptors (Lipinski definition) is 4. The highest BCUT2D eigenvalue weighted by molar-refractivity contribution is 5.81. The third kappa shape index (κ3) is 4.64. The largest absolute Gasteiger partial charge is 0.469 e. The van der Waals surface area contributed by atoms with E-state index >= 15 is 0 Å². The average molecular weight is 380 g/mol. The minimum Gasteiger partial charge on any atom is -0.469 e. The molecule has 1 aromatic rings. The fourth-order valence-electron chi connectivity index (χ4n) is 4.31. The van der Waals surface area contributed by atoms with E-state index in [1.807, 2.05) is 4.90 Å². The maximum absolute atomic E-state index is 14.0. The molecule has 1 spiro atoms. The summed E-state index contributed by atoms with van der Waals surface area (Å²) in [6.45, 7) is 3.33. The first-order valence-electron chi connectivity index (χ1n) is 9.42. The minimum atomic E-state index is -0.817. The molecule has 148 valence electrons. The summed E-state index contributed by atoms with van der Waals surface area (Å²) < 4.78 is 32.0. The van der Waals surface area contributed by atoms with Crippen molar-refractivity contribution < 1.29 is 23.1 Å². The number of benzene rings is 1. The SMILES string of the molecule is COC(=O)CCC(=O)N1CCC2(CCCN(Cc3cccc(F)c3F)C2)C1. The number of nitrogens with zero attached hydrogens (tertiary/aromatic N) is 2. The van der Waals surface area contributed by atoms with Crippen LogP contribution < -0.4 is 0 Å². The fourth-order valence-corrected chi connectivity index (χ4v) is 4.31. The molecule has 2 aliphatic heterocycles. The summed E-state index contributed by atoms with van der Waals surface area (Å²) in [5.41, 5.74) is 0.374. The molecule has 0 bridgehead atoms. The van der Waals surface area contributed by atoms with E-state index in [0.29, 0.717) is 25.2 Å². The first-order chi connectivity index (χ1) is 12.9. The molecule has 1 atom stereocenters. The van der Waals surface area contributed by atoms with Gasteiger partial charge in [0.05, 0.1) is 13.5 Å². The molecule has 2 fully saturated rings. The maximum Gasteiger partial charge on any atom is 0.306 e. The highest BCUT2D eigenvalue weighted by Gasteiger charge is 2.42. The van der Waals surface area contributed by atoms with Crippen LogP contribution in [0.3, 0.4) is 0 Å². The zero-order valence-electron chi connectivity index (χ0n) is 15.7. The van der Waals surface area contributed by atoms with Gasteiger partial charge >= 0.3 is 5.97 Å². The van der Waals surface area contributed by atoms with Crippen LogP contribution in [0.25, 0.3) is 0 Å². The van der Waals surface area contributed by atoms with Crippen LogP contribution in [0.4, 0.5) is 8.78 Å². The number of likely N-dealkylation sites (tertiary alicyclic amines) is 2. The molecule has 1 amide bonds. The number of rotatable bonds is 5. The molecule has 2 aliphatic rings. The molecule has 7 heteroatoms. The fraction of sp³-hybridized carbons (Fsp3) is 0.600. The van der Waals surface area contributed by atoms with Crippen LogP contribution in [0, 0.1) is 17.0 Å². The lowest BCUT2D eigenvalue weighted by atomic mass is 9.79. The lowest BCUT2D eigenvalue weighted by Gasteiger charge is -2.40. The lowest BCUT2D eigenvalue weighted by molar-refractivity contribution is -0.143. The minimum absolute atomic E-state index is 0.00295. The van der Waals surface area contributed by atoms with Crippen molar-refractivity contribution in [3.05, 3.63) is 35.4 Å². The second-order valence-electron chi connectivity index (χ2n) is 7.67. The predicted molar refractivity (Wildman–Crippen MR) is 95.7 cm³/mol. The number of ether oxygens (including phenoxy) is 1. The summed E-state index contributed by atoms with van der Waals surface area (Å²) in [5, 5.41) is 0. The van der Waals surface area contributed by atoms with Gasteiger partial charge in [-0.2, -0.15) is 0 Å². The van der Waals surface area contributed by atoms with E-state index in [1.54, 1.807) is 6.07 Å². The lowest BCUT2D eigenvalue weighted by Crippen LogP contribution is -2.45. The summed E-state index contributed by atoms with van der Waals surface area (Å²) in [4.78, 5) is 27.6. The Morgan fingerprint density at radius 3 is 2.74 bits per heavy atom. The zero-order valence-corrected chi connectivity index (χ0v) is 15.7. The van der Waals surface area contributed by atoms with Crippen LogP contribution in [-0.2, 0) is 20.9 Å². The molecular weight excluding hydrogens is 354 g/mol. The number of halogens is 2. The van der Waals surface area contributed by atoms with Crippen LogP contribution in [-0.4, -0.2) is 55.0 Å². The van der Waals surface area contributed by atoms with E-state index < -0.39 is 11.6 Å². The van der Waals surface area contributed by atoms with E-state index in [1.165, 1.54) is 13.2 Å². The predicted octanol–water partition coefficient (Wildman–Crippen LogP) is 2.73. The van der Waals surface area contributed by atoms with E-state index in [0.717, 1.165) is 38.4 Å². The van der Waals surface area contributed by atoms with Gasteiger partial charge in [0.25, 0.3) is 0 Å². The van der Waals surface area contributed by atoms with Gasteiger partial charge in [-0.15, -0.1) is 0 Å². The molecule has 0 N–H and O–H groups in total. The number of carbonyl (C=O) groups excluding carboxylic acids is 2. The molecule has 3 rings (SSSR count). The topological polar surface area (TPSA) is 49.9 Å². The molecule has 2 heterocycles. The molecule has 1 aromatic carbocycles. The smallest absolute Gasteiger partial charge is 0.306 e. The van der Waals surface area contributed by atoms with Crippen molar-refractivity contribution in [2.24, 2.45) is 5.41 Å². The monoisotopic (exact) mass is 380 g/mol. The second-order valence-corrected chi connectivity index (χ2v) is 7.67. The van der Waals surface area contributed by atoms with Crippen LogP contribution >= 0.6 is 0 Å². The Bertz CT molecular complexity index is 712. The summed E-state index contributed by atoms with van der Waals surface area (Å²) in [6, 6.07) is 4.28. The van der Waals surface area contributed by atoms with Gasteiger partial charge in [-0.05, 0) is 31.9 Å². The Hall–Kier alpha value is -2.02. The summed E-state index contributed by atoms with van der Waals surface area (Å²) >= 11 is 0. The van der Waals surface area contributed by atoms with Gasteiger partial charge in [0.1, 0.15) is 0 Å². The standard InChI is InChI=1S/C20H26F2N2O3/c1-27-18(26)7-6-17(25)24-11-9-20(14-24)8-3-10-23(13-20)12-15-4-2-5-16(21)19(15)22/h2,4-5H,3,6-14H2,1H3. The van der Waals surface area contributed by atoms with Gasteiger partial charge in [0.15, 0.2) is 11.6 Å². The Kier molecular flexibility index (Phi) is 6.09. The van der Waals surface area contributed by atoms with Gasteiger partial charge < -0.3 is 9.64 Å². The molecule has 0 aromatic heterocycles. The van der Waals surface area contributed by atoms with Crippen LogP contribution in [0.5, 0.6) is 0 Å². The second kappa shape index (κ2) is 8.33. The Morgan fingerprint density at radius 2 is 1.96 bits per heavy atom. The summed E-state index contributed by atoms with van der Waals surface area (Å²) in [7, 11) is 1.32. The van der Waals surface area contributed by atoms with Gasteiger partial charge in [-0.3, -0.25) is 14.5 Å². The normalized spacial score (nSPS) is 23.0. The Balaban J connectivity index is 1.58. The number of esters is 1. The van der Waals surface area contributed by atoms with E-state index in [2.05, 4.69) is 9.64 Å². The van der Waals surface area contributed by atoms with Crippen molar-refractivity contribution in [2.75, 3.05) is 33.3 Å². The summed E-state index contributed by atoms with van der Waals surface area (Å²) in [5.74, 6) is -1.99. The van der Waals surface area contributed by atoms with E-state index in [4.69, 9.17) is 0 Å². The van der Waals surface area contributed by atoms with Crippen molar-refractivity contribution in [1.29, 1.82) is 0 Å². The van der Waals surface area contributed by atoms with E-state index in [9.17, 15) is 18.4 Å². The van der Waals surface area contributed by atoms with Crippen molar-refractivity contribution in [3.63, 3.8) is 0 Å². The molecule has 27 heavy (non-hydrogen) atoms. The highest BCUT2D eigenvalue weighted by Crippen LogP contribution is 2.39. The van der Waals surface area contributed by atoms with Gasteiger partial charge in [-0.25, -0.2) is 8.78 Å². The van der Waals surface area contributed by atoms with Gasteiger partial charge in [0, 0.05) is 43.6 Å². The van der Waals surface area contributed by atoms with Crippen molar-refractivity contribution in [3.8, 4) is 0 Å². The molecule has 0 aliphatic carbocycles. The summed E-state index contributed by atoms with van der Waals surface area (Å²) in [6.07, 6.45) is 3.17. The molecule has 0 saturated carbocycles. The first kappa shape index (κ1) is 19.7. The van der Waals surface area contributed by atoms with Gasteiger partial charge in [-0.1, -0.05) is 12.1 Å². The number of carbonyl (C=O) groups is 2. The van der Waals surface area contributed by atoms with Gasteiger partial charge in [0.2, 0.25) is 5.91 Å². The Labute approximate surface area is 158 Å². The quantitative estimate of drug-likeness (QED) is 0.737. The molecular formula is C20H26F2N2O3. The molecule has 0 radical (unpaired) electrons. The van der Waals surface area contributed by atoms with Crippen LogP contribution in [0.15, 0.2) is 18.2 Å². The van der Waals surface area contributed by atoms with Crippen molar-refractivity contribution in [2.45, 2.75) is 38.6 Å². The van der Waals surface area contributed by atoms with Crippen LogP contribution in [0.2, 0.25) is 0 Å². The molecule has 1 unspecified atom stereocenters. The first-order valence-corrected chi connectivity index (χ1v) is 9.42. The number of hydrogen-bond donors (Lipinski definition) is 0. The average Bonchev–Trinajstić information content (AvgIpc) is 3.06. The number of amides is 1.